The Labute approximate surface area is 76.6 Å². The Morgan fingerprint density at radius 3 is 2.42 bits per heavy atom. The van der Waals surface area contributed by atoms with Crippen LogP contribution < -0.4 is 4.74 Å². The Balaban J connectivity index is 2.77. The third kappa shape index (κ3) is 2.11. The fourth-order valence-electron chi connectivity index (χ4n) is 0.778. The molecule has 12 heavy (non-hydrogen) atoms. The third-order valence-electron chi connectivity index (χ3n) is 1.65. The van der Waals surface area contributed by atoms with Crippen molar-refractivity contribution in [1.82, 2.24) is 9.97 Å². The van der Waals surface area contributed by atoms with Crippen molar-refractivity contribution < 1.29 is 4.74 Å². The highest BCUT2D eigenvalue weighted by Crippen LogP contribution is 2.24. The first-order valence-corrected chi connectivity index (χ1v) is 4.95. The number of hydrogen-bond donors (Lipinski definition) is 0. The Kier molecular flexibility index (Phi) is 3.34. The van der Waals surface area contributed by atoms with Crippen molar-refractivity contribution >= 4 is 11.8 Å². The van der Waals surface area contributed by atoms with Crippen LogP contribution >= 0.6 is 11.8 Å². The predicted molar refractivity (Wildman–Crippen MR) is 50.5 cm³/mol. The zero-order valence-corrected chi connectivity index (χ0v) is 8.26. The first kappa shape index (κ1) is 9.32. The average molecular weight is 184 g/mol. The summed E-state index contributed by atoms with van der Waals surface area (Å²) in [7, 11) is 1.56. The second-order valence-corrected chi connectivity index (χ2v) is 3.56. The molecule has 3 nitrogen and oxygen atoms in total. The summed E-state index contributed by atoms with van der Waals surface area (Å²) in [6.07, 6.45) is 5.66. The topological polar surface area (TPSA) is 35.0 Å². The van der Waals surface area contributed by atoms with Crippen molar-refractivity contribution in [1.29, 1.82) is 0 Å². The molecule has 1 aromatic heterocycles. The molecule has 1 rings (SSSR count). The van der Waals surface area contributed by atoms with Gasteiger partial charge in [0.2, 0.25) is 0 Å². The molecule has 0 aliphatic heterocycles. The molecule has 1 aromatic rings. The number of thioether (sulfide) groups is 1. The minimum Gasteiger partial charge on any atom is -0.467 e. The highest BCUT2D eigenvalue weighted by molar-refractivity contribution is 7.98. The van der Waals surface area contributed by atoms with Gasteiger partial charge in [0.15, 0.2) is 0 Å². The molecule has 1 atom stereocenters. The van der Waals surface area contributed by atoms with E-state index in [-0.39, 0.29) is 0 Å². The van der Waals surface area contributed by atoms with Crippen LogP contribution in [0.5, 0.6) is 6.01 Å². The Hall–Kier alpha value is -0.770. The normalized spacial score (nSPS) is 12.6. The van der Waals surface area contributed by atoms with E-state index >= 15 is 0 Å². The summed E-state index contributed by atoms with van der Waals surface area (Å²) in [4.78, 5) is 8.04. The zero-order chi connectivity index (χ0) is 8.97. The third-order valence-corrected chi connectivity index (χ3v) is 2.63. The maximum absolute atomic E-state index is 4.85. The Morgan fingerprint density at radius 2 is 2.00 bits per heavy atom. The Bertz CT molecular complexity index is 237. The van der Waals surface area contributed by atoms with Crippen LogP contribution in [0.4, 0.5) is 0 Å². The van der Waals surface area contributed by atoms with E-state index in [0.717, 1.165) is 5.56 Å². The molecule has 0 bridgehead atoms. The van der Waals surface area contributed by atoms with Gasteiger partial charge in [-0.05, 0) is 13.2 Å². The van der Waals surface area contributed by atoms with E-state index in [2.05, 4.69) is 23.1 Å². The number of nitrogens with zero attached hydrogens (tertiary/aromatic N) is 2. The second-order valence-electron chi connectivity index (χ2n) is 2.38. The molecule has 0 N–H and O–H groups in total. The lowest BCUT2D eigenvalue weighted by Crippen LogP contribution is -1.94. The molecule has 0 radical (unpaired) electrons. The van der Waals surface area contributed by atoms with Gasteiger partial charge in [-0.25, -0.2) is 9.97 Å². The summed E-state index contributed by atoms with van der Waals surface area (Å²) in [5.41, 5.74) is 1.13. The van der Waals surface area contributed by atoms with Gasteiger partial charge in [0.25, 0.3) is 0 Å². The van der Waals surface area contributed by atoms with Crippen LogP contribution in [0.15, 0.2) is 12.4 Å². The molecule has 0 amide bonds. The molecule has 0 aliphatic rings. The minimum atomic E-state index is 0.423. The van der Waals surface area contributed by atoms with Gasteiger partial charge in [-0.2, -0.15) is 11.8 Å². The maximum atomic E-state index is 4.85. The highest BCUT2D eigenvalue weighted by Gasteiger charge is 2.04. The molecule has 1 heterocycles. The van der Waals surface area contributed by atoms with Crippen LogP contribution in [-0.2, 0) is 0 Å². The van der Waals surface area contributed by atoms with E-state index in [4.69, 9.17) is 4.74 Å². The van der Waals surface area contributed by atoms with E-state index in [1.165, 1.54) is 0 Å². The molecule has 0 fully saturated rings. The first-order valence-electron chi connectivity index (χ1n) is 3.66. The standard InChI is InChI=1S/C8H12N2OS/c1-6(12-3)7-4-9-8(11-2)10-5-7/h4-6H,1-3H3. The quantitative estimate of drug-likeness (QED) is 0.718. The summed E-state index contributed by atoms with van der Waals surface area (Å²) in [5.74, 6) is 0. The minimum absolute atomic E-state index is 0.423. The number of aromatic nitrogens is 2. The van der Waals surface area contributed by atoms with Gasteiger partial charge in [-0.3, -0.25) is 0 Å². The number of methoxy groups -OCH3 is 1. The second kappa shape index (κ2) is 4.30. The van der Waals surface area contributed by atoms with Crippen molar-refractivity contribution in [2.75, 3.05) is 13.4 Å². The highest BCUT2D eigenvalue weighted by atomic mass is 32.2. The van der Waals surface area contributed by atoms with Crippen LogP contribution in [0.3, 0.4) is 0 Å². The molecule has 0 saturated carbocycles. The van der Waals surface area contributed by atoms with Crippen LogP contribution in [0.25, 0.3) is 0 Å². The molecule has 66 valence electrons. The van der Waals surface area contributed by atoms with Crippen molar-refractivity contribution in [3.63, 3.8) is 0 Å². The summed E-state index contributed by atoms with van der Waals surface area (Å²) in [6, 6.07) is 0.423. The number of ether oxygens (including phenoxy) is 1. The van der Waals surface area contributed by atoms with E-state index < -0.39 is 0 Å². The van der Waals surface area contributed by atoms with E-state index in [0.29, 0.717) is 11.3 Å². The fourth-order valence-corrected chi connectivity index (χ4v) is 1.17. The molecule has 0 saturated heterocycles. The molecule has 4 heteroatoms. The monoisotopic (exact) mass is 184 g/mol. The molecule has 0 spiro atoms. The van der Waals surface area contributed by atoms with Gasteiger partial charge in [0, 0.05) is 23.2 Å². The smallest absolute Gasteiger partial charge is 0.316 e. The van der Waals surface area contributed by atoms with Crippen LogP contribution in [0.2, 0.25) is 0 Å². The van der Waals surface area contributed by atoms with E-state index in [1.807, 2.05) is 0 Å². The predicted octanol–water partition coefficient (Wildman–Crippen LogP) is 1.91. The van der Waals surface area contributed by atoms with E-state index in [9.17, 15) is 0 Å². The fraction of sp³-hybridized carbons (Fsp3) is 0.500. The maximum Gasteiger partial charge on any atom is 0.316 e. The lowest BCUT2D eigenvalue weighted by atomic mass is 10.3. The van der Waals surface area contributed by atoms with Crippen molar-refractivity contribution in [2.24, 2.45) is 0 Å². The lowest BCUT2D eigenvalue weighted by molar-refractivity contribution is 0.379. The van der Waals surface area contributed by atoms with Crippen LogP contribution in [-0.4, -0.2) is 23.3 Å². The molecular formula is C8H12N2OS. The first-order chi connectivity index (χ1) is 5.77. The largest absolute Gasteiger partial charge is 0.467 e. The average Bonchev–Trinajstić information content (AvgIpc) is 2.17. The number of rotatable bonds is 3. The summed E-state index contributed by atoms with van der Waals surface area (Å²) < 4.78 is 4.85. The van der Waals surface area contributed by atoms with Gasteiger partial charge in [-0.15, -0.1) is 0 Å². The van der Waals surface area contributed by atoms with E-state index in [1.54, 1.807) is 31.3 Å². The van der Waals surface area contributed by atoms with Crippen LogP contribution in [0.1, 0.15) is 17.7 Å². The van der Waals surface area contributed by atoms with Crippen molar-refractivity contribution in [2.45, 2.75) is 12.2 Å². The van der Waals surface area contributed by atoms with Gasteiger partial charge in [0.1, 0.15) is 0 Å². The lowest BCUT2D eigenvalue weighted by Gasteiger charge is -2.06. The molecular weight excluding hydrogens is 172 g/mol. The molecule has 0 aliphatic carbocycles. The van der Waals surface area contributed by atoms with Gasteiger partial charge in [-0.1, -0.05) is 0 Å². The zero-order valence-electron chi connectivity index (χ0n) is 7.44. The molecule has 1 unspecified atom stereocenters. The van der Waals surface area contributed by atoms with Gasteiger partial charge >= 0.3 is 6.01 Å². The van der Waals surface area contributed by atoms with Crippen molar-refractivity contribution in [3.05, 3.63) is 18.0 Å². The van der Waals surface area contributed by atoms with Crippen LogP contribution in [0, 0.1) is 0 Å². The Morgan fingerprint density at radius 1 is 1.42 bits per heavy atom. The van der Waals surface area contributed by atoms with Gasteiger partial charge in [0.05, 0.1) is 7.11 Å². The SMILES string of the molecule is COc1ncc(C(C)SC)cn1. The summed E-state index contributed by atoms with van der Waals surface area (Å²) >= 11 is 1.77. The van der Waals surface area contributed by atoms with Crippen molar-refractivity contribution in [3.8, 4) is 6.01 Å². The molecule has 0 aromatic carbocycles. The number of hydrogen-bond acceptors (Lipinski definition) is 4. The van der Waals surface area contributed by atoms with Gasteiger partial charge < -0.3 is 4.74 Å². The summed E-state index contributed by atoms with van der Waals surface area (Å²) in [5, 5.41) is 0.441. The summed E-state index contributed by atoms with van der Waals surface area (Å²) in [6.45, 7) is 2.12.